The van der Waals surface area contributed by atoms with E-state index < -0.39 is 0 Å². The lowest BCUT2D eigenvalue weighted by Gasteiger charge is -1.51. The Labute approximate surface area is 34.1 Å². The molecule has 0 saturated heterocycles. The van der Waals surface area contributed by atoms with Crippen molar-refractivity contribution in [3.05, 3.63) is 12.1 Å². The molecule has 5 heavy (non-hydrogen) atoms. The van der Waals surface area contributed by atoms with E-state index in [-0.39, 0.29) is 12.1 Å². The van der Waals surface area contributed by atoms with Crippen molar-refractivity contribution in [2.24, 2.45) is 0 Å². The van der Waals surface area contributed by atoms with Gasteiger partial charge in [-0.05, 0) is 13.0 Å². The largest absolute Gasteiger partial charge is 0.299 e. The van der Waals surface area contributed by atoms with Crippen molar-refractivity contribution in [1.82, 2.24) is 0 Å². The van der Waals surface area contributed by atoms with Crippen LogP contribution in [0.5, 0.6) is 0 Å². The summed E-state index contributed by atoms with van der Waals surface area (Å²) in [5.74, 6) is 0. The van der Waals surface area contributed by atoms with Crippen molar-refractivity contribution in [2.75, 3.05) is 0 Å². The molecule has 0 spiro atoms. The summed E-state index contributed by atoms with van der Waals surface area (Å²) in [7, 11) is 0. The van der Waals surface area contributed by atoms with Crippen LogP contribution < -0.4 is 0 Å². The van der Waals surface area contributed by atoms with Gasteiger partial charge >= 0.3 is 0 Å². The van der Waals surface area contributed by atoms with E-state index in [0.29, 0.717) is 6.29 Å². The van der Waals surface area contributed by atoms with Gasteiger partial charge in [-0.2, -0.15) is 0 Å². The Kier molecular flexibility index (Phi) is 1.19. The van der Waals surface area contributed by atoms with Crippen molar-refractivity contribution in [3.63, 3.8) is 0 Å². The fraction of sp³-hybridized carbons (Fsp3) is 0.250. The van der Waals surface area contributed by atoms with Crippen LogP contribution in [0.2, 0.25) is 0 Å². The highest BCUT2D eigenvalue weighted by atomic mass is 16.1. The van der Waals surface area contributed by atoms with Gasteiger partial charge < -0.3 is 0 Å². The van der Waals surface area contributed by atoms with Crippen LogP contribution in [0.1, 0.15) is 9.67 Å². The smallest absolute Gasteiger partial charge is 0.142 e. The Morgan fingerprint density at radius 2 is 2.60 bits per heavy atom. The van der Waals surface area contributed by atoms with Gasteiger partial charge in [-0.15, -0.1) is 0 Å². The summed E-state index contributed by atoms with van der Waals surface area (Å²) < 4.78 is 13.2. The van der Waals surface area contributed by atoms with E-state index >= 15 is 0 Å². The fourth-order valence-corrected chi connectivity index (χ4v) is 0.0589. The van der Waals surface area contributed by atoms with Gasteiger partial charge in [0.1, 0.15) is 6.29 Å². The maximum atomic E-state index is 9.58. The first-order chi connectivity index (χ1) is 3.18. The molecular weight excluding hydrogens is 64.0 g/mol. The number of carbonyl (C=O) groups is 1. The van der Waals surface area contributed by atoms with Crippen molar-refractivity contribution >= 4 is 6.29 Å². The van der Waals surface area contributed by atoms with E-state index in [2.05, 4.69) is 0 Å². The molecule has 0 fully saturated rings. The standard InChI is InChI=1S/C4H6O/c1-2-3-4-5/h2-4H,1H3/i2D,3D. The topological polar surface area (TPSA) is 17.1 Å². The fourth-order valence-electron chi connectivity index (χ4n) is 0.0589. The Morgan fingerprint density at radius 3 is 2.60 bits per heavy atom. The predicted molar refractivity (Wildman–Crippen MR) is 20.9 cm³/mol. The first kappa shape index (κ1) is 1.75. The molecule has 0 aromatic heterocycles. The summed E-state index contributed by atoms with van der Waals surface area (Å²) in [5.41, 5.74) is 0. The van der Waals surface area contributed by atoms with Crippen LogP contribution in [0.3, 0.4) is 0 Å². The van der Waals surface area contributed by atoms with Crippen LogP contribution in [0, 0.1) is 0 Å². The third-order valence-corrected chi connectivity index (χ3v) is 0.203. The van der Waals surface area contributed by atoms with E-state index in [1.54, 1.807) is 0 Å². The maximum absolute atomic E-state index is 9.58. The van der Waals surface area contributed by atoms with Gasteiger partial charge in [0.15, 0.2) is 0 Å². The molecule has 0 unspecified atom stereocenters. The van der Waals surface area contributed by atoms with Gasteiger partial charge in [0.2, 0.25) is 0 Å². The molecule has 0 aromatic rings. The summed E-state index contributed by atoms with van der Waals surface area (Å²) in [6, 6.07) is -0.241. The highest BCUT2D eigenvalue weighted by Gasteiger charge is 1.48. The average Bonchev–Trinajstić information content (AvgIpc) is 1.65. The highest BCUT2D eigenvalue weighted by Crippen LogP contribution is 1.55. The second-order valence-electron chi connectivity index (χ2n) is 0.512. The average molecular weight is 72.1 g/mol. The number of hydrogen-bond donors (Lipinski definition) is 0. The van der Waals surface area contributed by atoms with E-state index in [1.807, 2.05) is 0 Å². The van der Waals surface area contributed by atoms with Crippen LogP contribution in [-0.4, -0.2) is 6.29 Å². The molecule has 28 valence electrons. The summed E-state index contributed by atoms with van der Waals surface area (Å²) in [4.78, 5) is 9.58. The summed E-state index contributed by atoms with van der Waals surface area (Å²) in [5, 5.41) is 0. The molecule has 0 saturated carbocycles. The van der Waals surface area contributed by atoms with Gasteiger partial charge in [0, 0.05) is 0 Å². The first-order valence-corrected chi connectivity index (χ1v) is 1.27. The van der Waals surface area contributed by atoms with E-state index in [4.69, 9.17) is 2.74 Å². The molecule has 0 bridgehead atoms. The normalized spacial score (nSPS) is 18.6. The molecule has 0 aliphatic carbocycles. The van der Waals surface area contributed by atoms with Crippen LogP contribution in [0.25, 0.3) is 0 Å². The molecule has 0 rings (SSSR count). The first-order valence-electron chi connectivity index (χ1n) is 2.27. The lowest BCUT2D eigenvalue weighted by Crippen LogP contribution is -1.50. The van der Waals surface area contributed by atoms with Crippen LogP contribution in [-0.2, 0) is 4.79 Å². The lowest BCUT2D eigenvalue weighted by molar-refractivity contribution is -0.104. The predicted octanol–water partition coefficient (Wildman–Crippen LogP) is 0.761. The minimum Gasteiger partial charge on any atom is -0.299 e. The Balaban J connectivity index is 3.98. The molecule has 0 heterocycles. The molecule has 0 radical (unpaired) electrons. The third kappa shape index (κ3) is 3.41. The minimum atomic E-state index is -0.250. The zero-order chi connectivity index (χ0) is 5.86. The molecule has 0 aromatic carbocycles. The van der Waals surface area contributed by atoms with E-state index in [9.17, 15) is 4.79 Å². The number of rotatable bonds is 1. The molecule has 1 heteroatoms. The summed E-state index contributed by atoms with van der Waals surface area (Å²) in [6.07, 6.45) is 0.350. The van der Waals surface area contributed by atoms with Crippen LogP contribution in [0.15, 0.2) is 12.1 Å². The van der Waals surface area contributed by atoms with Crippen molar-refractivity contribution in [2.45, 2.75) is 6.92 Å². The second-order valence-corrected chi connectivity index (χ2v) is 0.512. The Bertz CT molecular complexity index is 102. The zero-order valence-corrected chi connectivity index (χ0v) is 2.99. The molecule has 0 aliphatic heterocycles. The maximum Gasteiger partial charge on any atom is 0.142 e. The van der Waals surface area contributed by atoms with E-state index in [1.165, 1.54) is 6.92 Å². The monoisotopic (exact) mass is 72.1 g/mol. The van der Waals surface area contributed by atoms with E-state index in [0.717, 1.165) is 0 Å². The Hall–Kier alpha value is -0.590. The molecule has 0 amide bonds. The number of allylic oxidation sites excluding steroid dienone is 2. The molecule has 0 aliphatic rings. The third-order valence-electron chi connectivity index (χ3n) is 0.203. The van der Waals surface area contributed by atoms with Gasteiger partial charge in [0.05, 0.1) is 2.74 Å². The van der Waals surface area contributed by atoms with Gasteiger partial charge in [0.25, 0.3) is 0 Å². The van der Waals surface area contributed by atoms with Gasteiger partial charge in [-0.25, -0.2) is 0 Å². The zero-order valence-electron chi connectivity index (χ0n) is 4.99. The number of hydrogen-bond acceptors (Lipinski definition) is 1. The van der Waals surface area contributed by atoms with Crippen LogP contribution >= 0.6 is 0 Å². The second kappa shape index (κ2) is 3.41. The SMILES string of the molecule is [2H]C(C)=C([2H])C=O. The molecule has 1 nitrogen and oxygen atoms in total. The quantitative estimate of drug-likeness (QED) is 0.330. The molecular formula is C4H6O. The lowest BCUT2D eigenvalue weighted by atomic mass is 10.6. The van der Waals surface area contributed by atoms with Gasteiger partial charge in [-0.1, -0.05) is 6.05 Å². The van der Waals surface area contributed by atoms with Gasteiger partial charge in [-0.3, -0.25) is 4.79 Å². The minimum absolute atomic E-state index is 0.00926. The van der Waals surface area contributed by atoms with Crippen molar-refractivity contribution < 1.29 is 7.54 Å². The molecule has 0 atom stereocenters. The summed E-state index contributed by atoms with van der Waals surface area (Å²) >= 11 is 0. The van der Waals surface area contributed by atoms with Crippen LogP contribution in [0.4, 0.5) is 0 Å². The van der Waals surface area contributed by atoms with Crippen molar-refractivity contribution in [3.8, 4) is 0 Å². The molecule has 0 N–H and O–H groups in total. The number of aldehydes is 1. The Morgan fingerprint density at radius 1 is 2.00 bits per heavy atom. The van der Waals surface area contributed by atoms with Crippen molar-refractivity contribution in [1.29, 1.82) is 0 Å². The highest BCUT2D eigenvalue weighted by molar-refractivity contribution is 5.64. The number of carbonyl (C=O) groups excluding carboxylic acids is 1. The summed E-state index contributed by atoms with van der Waals surface area (Å²) in [6.45, 7) is 1.40.